The Morgan fingerprint density at radius 2 is 2.12 bits per heavy atom. The number of ether oxygens (including phenoxy) is 1. The number of fused-ring (bicyclic) bond motifs is 1. The van der Waals surface area contributed by atoms with Crippen LogP contribution < -0.4 is 4.90 Å². The van der Waals surface area contributed by atoms with Crippen molar-refractivity contribution in [1.29, 1.82) is 0 Å². The van der Waals surface area contributed by atoms with Gasteiger partial charge in [-0.1, -0.05) is 35.4 Å². The van der Waals surface area contributed by atoms with Crippen molar-refractivity contribution >= 4 is 17.6 Å². The Bertz CT molecular complexity index is 858. The van der Waals surface area contributed by atoms with E-state index < -0.39 is 29.5 Å². The van der Waals surface area contributed by atoms with Crippen molar-refractivity contribution in [2.75, 3.05) is 4.90 Å². The highest BCUT2D eigenvalue weighted by Crippen LogP contribution is 2.57. The zero-order chi connectivity index (χ0) is 18.8. The number of rotatable bonds is 4. The molecule has 5 heteroatoms. The second kappa shape index (κ2) is 5.55. The van der Waals surface area contributed by atoms with E-state index in [1.165, 1.54) is 0 Å². The first-order chi connectivity index (χ1) is 12.3. The Kier molecular flexibility index (Phi) is 3.63. The second-order valence-electron chi connectivity index (χ2n) is 7.81. The van der Waals surface area contributed by atoms with Gasteiger partial charge in [0.2, 0.25) is 5.91 Å². The molecular formula is C21H23NO4. The molecule has 1 aromatic carbocycles. The molecule has 0 radical (unpaired) electrons. The number of anilines is 1. The quantitative estimate of drug-likeness (QED) is 0.845. The molecule has 0 aromatic heterocycles. The summed E-state index contributed by atoms with van der Waals surface area (Å²) in [7, 11) is 0. The summed E-state index contributed by atoms with van der Waals surface area (Å²) in [5, 5.41) is 9.71. The van der Waals surface area contributed by atoms with Crippen molar-refractivity contribution in [2.24, 2.45) is 11.8 Å². The molecule has 2 bridgehead atoms. The number of carbonyl (C=O) groups excluding carboxylic acids is 1. The Hall–Kier alpha value is -2.40. The monoisotopic (exact) mass is 353 g/mol. The Balaban J connectivity index is 1.87. The number of nitrogens with zero attached hydrogens (tertiary/aromatic N) is 1. The molecule has 5 atom stereocenters. The molecule has 0 saturated carbocycles. The standard InChI is InChI=1S/C21H23NO4/c1-11(2)9-16-21-8-7-15(26-21)17(20(24)25)18(21)19(23)22(16)14-6-5-12(3)10-13(14)4/h5-8,10,15-18H,1,9H2,2-4H3,(H,24,25). The van der Waals surface area contributed by atoms with Gasteiger partial charge in [-0.15, -0.1) is 6.58 Å². The number of carboxylic acid groups (broad SMARTS) is 1. The molecule has 3 heterocycles. The van der Waals surface area contributed by atoms with E-state index in [0.717, 1.165) is 22.4 Å². The summed E-state index contributed by atoms with van der Waals surface area (Å²) >= 11 is 0. The molecule has 2 fully saturated rings. The van der Waals surface area contributed by atoms with Gasteiger partial charge in [0.15, 0.2) is 0 Å². The van der Waals surface area contributed by atoms with Crippen molar-refractivity contribution in [2.45, 2.75) is 44.9 Å². The van der Waals surface area contributed by atoms with Gasteiger partial charge in [0.1, 0.15) is 11.5 Å². The normalized spacial score (nSPS) is 34.4. The average molecular weight is 353 g/mol. The highest BCUT2D eigenvalue weighted by molar-refractivity contribution is 6.04. The third-order valence-corrected chi connectivity index (χ3v) is 5.86. The van der Waals surface area contributed by atoms with Crippen LogP contribution in [0.1, 0.15) is 24.5 Å². The smallest absolute Gasteiger partial charge is 0.310 e. The van der Waals surface area contributed by atoms with Crippen LogP contribution >= 0.6 is 0 Å². The molecule has 5 nitrogen and oxygen atoms in total. The Morgan fingerprint density at radius 1 is 1.38 bits per heavy atom. The van der Waals surface area contributed by atoms with Crippen LogP contribution in [-0.4, -0.2) is 34.7 Å². The molecule has 3 aliphatic rings. The van der Waals surface area contributed by atoms with Crippen LogP contribution in [0.5, 0.6) is 0 Å². The lowest BCUT2D eigenvalue weighted by molar-refractivity contribution is -0.146. The predicted molar refractivity (Wildman–Crippen MR) is 98.0 cm³/mol. The van der Waals surface area contributed by atoms with E-state index in [1.54, 1.807) is 11.0 Å². The molecule has 136 valence electrons. The molecule has 26 heavy (non-hydrogen) atoms. The summed E-state index contributed by atoms with van der Waals surface area (Å²) in [5.74, 6) is -2.67. The van der Waals surface area contributed by atoms with E-state index >= 15 is 0 Å². The van der Waals surface area contributed by atoms with Gasteiger partial charge in [-0.3, -0.25) is 9.59 Å². The minimum Gasteiger partial charge on any atom is -0.481 e. The first-order valence-electron chi connectivity index (χ1n) is 8.91. The van der Waals surface area contributed by atoms with Crippen LogP contribution in [0.15, 0.2) is 42.5 Å². The number of benzene rings is 1. The zero-order valence-corrected chi connectivity index (χ0v) is 15.2. The maximum Gasteiger partial charge on any atom is 0.310 e. The first-order valence-corrected chi connectivity index (χ1v) is 8.91. The number of aryl methyl sites for hydroxylation is 2. The minimum absolute atomic E-state index is 0.164. The summed E-state index contributed by atoms with van der Waals surface area (Å²) in [5.41, 5.74) is 2.98. The number of hydrogen-bond acceptors (Lipinski definition) is 3. The second-order valence-corrected chi connectivity index (χ2v) is 7.81. The van der Waals surface area contributed by atoms with Crippen molar-refractivity contribution < 1.29 is 19.4 Å². The molecular weight excluding hydrogens is 330 g/mol. The SMILES string of the molecule is C=C(C)CC1N(c2ccc(C)cc2C)C(=O)C2C(C(=O)O)C3C=CC21O3. The molecule has 1 N–H and O–H groups in total. The Labute approximate surface area is 152 Å². The largest absolute Gasteiger partial charge is 0.481 e. The van der Waals surface area contributed by atoms with Crippen molar-refractivity contribution in [3.63, 3.8) is 0 Å². The summed E-state index contributed by atoms with van der Waals surface area (Å²) < 4.78 is 6.16. The van der Waals surface area contributed by atoms with Crippen molar-refractivity contribution in [3.8, 4) is 0 Å². The number of carbonyl (C=O) groups is 2. The molecule has 3 aliphatic heterocycles. The van der Waals surface area contributed by atoms with Gasteiger partial charge in [-0.2, -0.15) is 0 Å². The number of carboxylic acids is 1. The fraction of sp³-hybridized carbons (Fsp3) is 0.429. The molecule has 4 rings (SSSR count). The van der Waals surface area contributed by atoms with Crippen LogP contribution in [0, 0.1) is 25.7 Å². The lowest BCUT2D eigenvalue weighted by Crippen LogP contribution is -2.45. The number of amides is 1. The maximum atomic E-state index is 13.4. The van der Waals surface area contributed by atoms with Gasteiger partial charge in [0.05, 0.1) is 18.1 Å². The highest BCUT2D eigenvalue weighted by atomic mass is 16.5. The van der Waals surface area contributed by atoms with Crippen LogP contribution in [0.2, 0.25) is 0 Å². The molecule has 2 saturated heterocycles. The van der Waals surface area contributed by atoms with E-state index in [9.17, 15) is 14.7 Å². The highest BCUT2D eigenvalue weighted by Gasteiger charge is 2.71. The lowest BCUT2D eigenvalue weighted by Gasteiger charge is -2.34. The van der Waals surface area contributed by atoms with Crippen LogP contribution in [0.25, 0.3) is 0 Å². The summed E-state index contributed by atoms with van der Waals surface area (Å²) in [6.45, 7) is 9.93. The molecule has 1 aromatic rings. The lowest BCUT2D eigenvalue weighted by atomic mass is 9.74. The van der Waals surface area contributed by atoms with Crippen LogP contribution in [0.4, 0.5) is 5.69 Å². The third-order valence-electron chi connectivity index (χ3n) is 5.86. The van der Waals surface area contributed by atoms with E-state index in [4.69, 9.17) is 4.74 Å². The van der Waals surface area contributed by atoms with E-state index in [0.29, 0.717) is 6.42 Å². The average Bonchev–Trinajstić information content (AvgIpc) is 3.18. The summed E-state index contributed by atoms with van der Waals surface area (Å²) in [6, 6.07) is 5.67. The van der Waals surface area contributed by atoms with E-state index in [2.05, 4.69) is 6.58 Å². The predicted octanol–water partition coefficient (Wildman–Crippen LogP) is 3.01. The number of hydrogen-bond donors (Lipinski definition) is 1. The Morgan fingerprint density at radius 3 is 2.73 bits per heavy atom. The van der Waals surface area contributed by atoms with Gasteiger partial charge in [0, 0.05) is 5.69 Å². The van der Waals surface area contributed by atoms with Crippen LogP contribution in [0.3, 0.4) is 0 Å². The van der Waals surface area contributed by atoms with Gasteiger partial charge in [0.25, 0.3) is 0 Å². The van der Waals surface area contributed by atoms with Gasteiger partial charge in [-0.05, 0) is 38.8 Å². The molecule has 1 spiro atoms. The number of aliphatic carboxylic acids is 1. The van der Waals surface area contributed by atoms with Crippen molar-refractivity contribution in [1.82, 2.24) is 0 Å². The fourth-order valence-electron chi connectivity index (χ4n) is 4.87. The summed E-state index contributed by atoms with van der Waals surface area (Å²) in [6.07, 6.45) is 3.75. The van der Waals surface area contributed by atoms with E-state index in [-0.39, 0.29) is 11.9 Å². The maximum absolute atomic E-state index is 13.4. The topological polar surface area (TPSA) is 66.8 Å². The van der Waals surface area contributed by atoms with Gasteiger partial charge >= 0.3 is 5.97 Å². The molecule has 1 amide bonds. The van der Waals surface area contributed by atoms with Gasteiger partial charge in [-0.25, -0.2) is 0 Å². The minimum atomic E-state index is -0.976. The zero-order valence-electron chi connectivity index (χ0n) is 15.2. The molecule has 0 aliphatic carbocycles. The molecule has 5 unspecified atom stereocenters. The summed E-state index contributed by atoms with van der Waals surface area (Å²) in [4.78, 5) is 27.1. The fourth-order valence-corrected chi connectivity index (χ4v) is 4.87. The first kappa shape index (κ1) is 17.0. The van der Waals surface area contributed by atoms with Crippen molar-refractivity contribution in [3.05, 3.63) is 53.6 Å². The van der Waals surface area contributed by atoms with Crippen LogP contribution in [-0.2, 0) is 14.3 Å². The van der Waals surface area contributed by atoms with Gasteiger partial charge < -0.3 is 14.7 Å². The van der Waals surface area contributed by atoms with E-state index in [1.807, 2.05) is 45.0 Å². The third kappa shape index (κ3) is 2.13.